The monoisotopic (exact) mass is 228 g/mol. The Bertz CT molecular complexity index is 264. The predicted octanol–water partition coefficient (Wildman–Crippen LogP) is 0.450. The van der Waals surface area contributed by atoms with Crippen LogP contribution in [0.15, 0.2) is 0 Å². The summed E-state index contributed by atoms with van der Waals surface area (Å²) in [5.74, 6) is -1.11. The zero-order chi connectivity index (χ0) is 12.1. The van der Waals surface area contributed by atoms with Crippen molar-refractivity contribution in [2.75, 3.05) is 13.6 Å². The first-order valence-electron chi connectivity index (χ1n) is 5.71. The number of aliphatic carboxylic acids is 1. The number of carboxylic acid groups (broad SMARTS) is 1. The van der Waals surface area contributed by atoms with Gasteiger partial charge in [0.2, 0.25) is 5.91 Å². The van der Waals surface area contributed by atoms with E-state index in [0.717, 1.165) is 0 Å². The number of carboxylic acids is 1. The molecule has 92 valence electrons. The first kappa shape index (κ1) is 13.0. The lowest BCUT2D eigenvalue weighted by molar-refractivity contribution is -0.138. The summed E-state index contributed by atoms with van der Waals surface area (Å²) in [6.07, 6.45) is 2.45. The third-order valence-electron chi connectivity index (χ3n) is 2.98. The minimum absolute atomic E-state index is 0.0647. The van der Waals surface area contributed by atoms with Gasteiger partial charge < -0.3 is 10.4 Å². The number of carbonyl (C=O) groups excluding carboxylic acids is 1. The summed E-state index contributed by atoms with van der Waals surface area (Å²) in [4.78, 5) is 23.8. The number of carbonyl (C=O) groups is 2. The van der Waals surface area contributed by atoms with Gasteiger partial charge in [0.05, 0.1) is 6.42 Å². The molecule has 0 bridgehead atoms. The molecular formula is C11H20N2O3. The van der Waals surface area contributed by atoms with E-state index in [1.165, 1.54) is 12.8 Å². The van der Waals surface area contributed by atoms with Crippen LogP contribution in [0.25, 0.3) is 0 Å². The van der Waals surface area contributed by atoms with Gasteiger partial charge in [-0.05, 0) is 26.8 Å². The Morgan fingerprint density at radius 2 is 2.06 bits per heavy atom. The van der Waals surface area contributed by atoms with Gasteiger partial charge in [-0.3, -0.25) is 14.5 Å². The second-order valence-corrected chi connectivity index (χ2v) is 4.44. The van der Waals surface area contributed by atoms with E-state index in [4.69, 9.17) is 5.11 Å². The standard InChI is InChI=1S/C11H20N2O3/c1-8(13(2)9-3-4-9)7-12-10(14)5-6-11(15)16/h8-9H,3-7H2,1-2H3,(H,12,14)(H,15,16). The number of amides is 1. The van der Waals surface area contributed by atoms with Gasteiger partial charge in [0, 0.05) is 25.0 Å². The van der Waals surface area contributed by atoms with E-state index in [0.29, 0.717) is 18.6 Å². The van der Waals surface area contributed by atoms with Crippen LogP contribution in [0.3, 0.4) is 0 Å². The molecule has 16 heavy (non-hydrogen) atoms. The van der Waals surface area contributed by atoms with E-state index in [1.54, 1.807) is 0 Å². The van der Waals surface area contributed by atoms with Crippen molar-refractivity contribution in [1.29, 1.82) is 0 Å². The lowest BCUT2D eigenvalue weighted by Gasteiger charge is -2.24. The van der Waals surface area contributed by atoms with Gasteiger partial charge in [-0.2, -0.15) is 0 Å². The summed E-state index contributed by atoms with van der Waals surface area (Å²) in [7, 11) is 2.06. The van der Waals surface area contributed by atoms with Crippen LogP contribution in [-0.2, 0) is 9.59 Å². The Labute approximate surface area is 95.8 Å². The molecule has 1 rings (SSSR count). The molecule has 0 aromatic heterocycles. The first-order valence-corrected chi connectivity index (χ1v) is 5.71. The van der Waals surface area contributed by atoms with Crippen LogP contribution in [0.5, 0.6) is 0 Å². The Kier molecular flexibility index (Phi) is 4.73. The minimum Gasteiger partial charge on any atom is -0.481 e. The number of hydrogen-bond acceptors (Lipinski definition) is 3. The maximum absolute atomic E-state index is 11.3. The summed E-state index contributed by atoms with van der Waals surface area (Å²) in [6.45, 7) is 2.65. The van der Waals surface area contributed by atoms with E-state index in [2.05, 4.69) is 24.2 Å². The maximum atomic E-state index is 11.3. The van der Waals surface area contributed by atoms with Crippen molar-refractivity contribution in [3.63, 3.8) is 0 Å². The molecule has 0 radical (unpaired) electrons. The quantitative estimate of drug-likeness (QED) is 0.664. The fraction of sp³-hybridized carbons (Fsp3) is 0.818. The summed E-state index contributed by atoms with van der Waals surface area (Å²) in [5.41, 5.74) is 0. The van der Waals surface area contributed by atoms with Crippen LogP contribution in [0.1, 0.15) is 32.6 Å². The highest BCUT2D eigenvalue weighted by Gasteiger charge is 2.29. The Hall–Kier alpha value is -1.10. The number of likely N-dealkylation sites (N-methyl/N-ethyl adjacent to an activating group) is 1. The van der Waals surface area contributed by atoms with E-state index in [-0.39, 0.29) is 18.7 Å². The zero-order valence-corrected chi connectivity index (χ0v) is 9.90. The van der Waals surface area contributed by atoms with Crippen LogP contribution in [-0.4, -0.2) is 47.6 Å². The maximum Gasteiger partial charge on any atom is 0.303 e. The fourth-order valence-electron chi connectivity index (χ4n) is 1.56. The second-order valence-electron chi connectivity index (χ2n) is 4.44. The van der Waals surface area contributed by atoms with Crippen LogP contribution in [0.4, 0.5) is 0 Å². The summed E-state index contributed by atoms with van der Waals surface area (Å²) in [6, 6.07) is 0.979. The van der Waals surface area contributed by atoms with Gasteiger partial charge in [0.15, 0.2) is 0 Å². The number of nitrogens with one attached hydrogen (secondary N) is 1. The van der Waals surface area contributed by atoms with Crippen molar-refractivity contribution in [1.82, 2.24) is 10.2 Å². The predicted molar refractivity (Wildman–Crippen MR) is 60.1 cm³/mol. The summed E-state index contributed by atoms with van der Waals surface area (Å²) < 4.78 is 0. The Morgan fingerprint density at radius 1 is 1.44 bits per heavy atom. The highest BCUT2D eigenvalue weighted by Crippen LogP contribution is 2.26. The lowest BCUT2D eigenvalue weighted by atomic mass is 10.2. The van der Waals surface area contributed by atoms with Crippen LogP contribution in [0, 0.1) is 0 Å². The van der Waals surface area contributed by atoms with Crippen molar-refractivity contribution < 1.29 is 14.7 Å². The van der Waals surface area contributed by atoms with Gasteiger partial charge in [0.25, 0.3) is 0 Å². The molecule has 0 aromatic carbocycles. The summed E-state index contributed by atoms with van der Waals surface area (Å²) in [5, 5.41) is 11.2. The highest BCUT2D eigenvalue weighted by molar-refractivity contribution is 5.80. The Morgan fingerprint density at radius 3 is 2.56 bits per heavy atom. The molecule has 1 saturated carbocycles. The largest absolute Gasteiger partial charge is 0.481 e. The SMILES string of the molecule is CC(CNC(=O)CCC(=O)O)N(C)C1CC1. The van der Waals surface area contributed by atoms with Crippen molar-refractivity contribution >= 4 is 11.9 Å². The van der Waals surface area contributed by atoms with Gasteiger partial charge in [0.1, 0.15) is 0 Å². The molecule has 1 unspecified atom stereocenters. The van der Waals surface area contributed by atoms with Gasteiger partial charge >= 0.3 is 5.97 Å². The normalized spacial score (nSPS) is 17.2. The topological polar surface area (TPSA) is 69.6 Å². The van der Waals surface area contributed by atoms with Crippen molar-refractivity contribution in [2.24, 2.45) is 0 Å². The third-order valence-corrected chi connectivity index (χ3v) is 2.98. The molecule has 0 aliphatic heterocycles. The molecule has 0 spiro atoms. The van der Waals surface area contributed by atoms with Gasteiger partial charge in [-0.25, -0.2) is 0 Å². The van der Waals surface area contributed by atoms with E-state index in [1.807, 2.05) is 0 Å². The second kappa shape index (κ2) is 5.84. The summed E-state index contributed by atoms with van der Waals surface area (Å²) >= 11 is 0. The number of hydrogen-bond donors (Lipinski definition) is 2. The van der Waals surface area contributed by atoms with Crippen LogP contribution < -0.4 is 5.32 Å². The highest BCUT2D eigenvalue weighted by atomic mass is 16.4. The molecular weight excluding hydrogens is 208 g/mol. The molecule has 0 saturated heterocycles. The van der Waals surface area contributed by atoms with E-state index >= 15 is 0 Å². The van der Waals surface area contributed by atoms with Gasteiger partial charge in [-0.15, -0.1) is 0 Å². The molecule has 5 heteroatoms. The lowest BCUT2D eigenvalue weighted by Crippen LogP contribution is -2.41. The average Bonchev–Trinajstić information content (AvgIpc) is 3.05. The average molecular weight is 228 g/mol. The molecule has 1 atom stereocenters. The zero-order valence-electron chi connectivity index (χ0n) is 9.90. The smallest absolute Gasteiger partial charge is 0.303 e. The molecule has 2 N–H and O–H groups in total. The van der Waals surface area contributed by atoms with E-state index in [9.17, 15) is 9.59 Å². The molecule has 1 fully saturated rings. The van der Waals surface area contributed by atoms with Gasteiger partial charge in [-0.1, -0.05) is 0 Å². The van der Waals surface area contributed by atoms with Crippen molar-refractivity contribution in [3.8, 4) is 0 Å². The minimum atomic E-state index is -0.932. The molecule has 1 amide bonds. The first-order chi connectivity index (χ1) is 7.50. The van der Waals surface area contributed by atoms with Crippen molar-refractivity contribution in [2.45, 2.75) is 44.7 Å². The van der Waals surface area contributed by atoms with Crippen LogP contribution >= 0.6 is 0 Å². The molecule has 5 nitrogen and oxygen atoms in total. The Balaban J connectivity index is 2.12. The molecule has 0 aromatic rings. The molecule has 1 aliphatic rings. The third kappa shape index (κ3) is 4.61. The molecule has 1 aliphatic carbocycles. The fourth-order valence-corrected chi connectivity index (χ4v) is 1.56. The number of rotatable bonds is 7. The van der Waals surface area contributed by atoms with Crippen molar-refractivity contribution in [3.05, 3.63) is 0 Å². The molecule has 0 heterocycles. The van der Waals surface area contributed by atoms with Crippen LogP contribution in [0.2, 0.25) is 0 Å². The van der Waals surface area contributed by atoms with E-state index < -0.39 is 5.97 Å². The number of nitrogens with zero attached hydrogens (tertiary/aromatic N) is 1.